The summed E-state index contributed by atoms with van der Waals surface area (Å²) in [6.45, 7) is 11.6. The highest BCUT2D eigenvalue weighted by Crippen LogP contribution is 2.38. The van der Waals surface area contributed by atoms with Gasteiger partial charge in [0, 0.05) is 56.7 Å². The molecule has 2 nitrogen and oxygen atoms in total. The van der Waals surface area contributed by atoms with E-state index in [1.54, 1.807) is 0 Å². The van der Waals surface area contributed by atoms with Gasteiger partial charge in [0.15, 0.2) is 0 Å². The van der Waals surface area contributed by atoms with E-state index in [1.165, 1.54) is 95.0 Å². The molecule has 3 aromatic carbocycles. The van der Waals surface area contributed by atoms with Crippen LogP contribution in [0.3, 0.4) is 0 Å². The van der Waals surface area contributed by atoms with Gasteiger partial charge < -0.3 is 9.13 Å². The smallest absolute Gasteiger partial charge is 0.0499 e. The van der Waals surface area contributed by atoms with Gasteiger partial charge >= 0.3 is 0 Å². The van der Waals surface area contributed by atoms with Crippen LogP contribution in [0.5, 0.6) is 0 Å². The van der Waals surface area contributed by atoms with E-state index in [9.17, 15) is 0 Å². The van der Waals surface area contributed by atoms with Gasteiger partial charge in [0.05, 0.1) is 0 Å². The molecule has 2 aromatic heterocycles. The Balaban J connectivity index is 1.72. The van der Waals surface area contributed by atoms with E-state index in [2.05, 4.69) is 97.5 Å². The highest BCUT2D eigenvalue weighted by molar-refractivity contribution is 6.17. The van der Waals surface area contributed by atoms with Crippen LogP contribution in [0, 0.1) is 11.8 Å². The first-order chi connectivity index (χ1) is 17.7. The van der Waals surface area contributed by atoms with Crippen LogP contribution >= 0.6 is 0 Å². The normalized spacial score (nSPS) is 13.9. The highest BCUT2D eigenvalue weighted by Gasteiger charge is 2.19. The van der Waals surface area contributed by atoms with E-state index in [0.717, 1.165) is 24.9 Å². The van der Waals surface area contributed by atoms with Crippen LogP contribution in [0.2, 0.25) is 0 Å². The molecule has 0 fully saturated rings. The first-order valence-corrected chi connectivity index (χ1v) is 14.6. The maximum atomic E-state index is 2.64. The van der Waals surface area contributed by atoms with E-state index >= 15 is 0 Å². The van der Waals surface area contributed by atoms with Crippen LogP contribution in [0.1, 0.15) is 79.1 Å². The highest BCUT2D eigenvalue weighted by atomic mass is 15.0. The largest absolute Gasteiger partial charge is 0.340 e. The molecular formula is C34H44N2. The zero-order valence-electron chi connectivity index (χ0n) is 22.9. The van der Waals surface area contributed by atoms with Crippen LogP contribution in [0.25, 0.3) is 43.6 Å². The first-order valence-electron chi connectivity index (χ1n) is 14.6. The molecule has 5 rings (SSSR count). The predicted octanol–water partition coefficient (Wildman–Crippen LogP) is 10.3. The summed E-state index contributed by atoms with van der Waals surface area (Å²) in [6.07, 6.45) is 10.3. The monoisotopic (exact) mass is 480 g/mol. The molecule has 0 N–H and O–H groups in total. The molecule has 2 unspecified atom stereocenters. The van der Waals surface area contributed by atoms with Gasteiger partial charge in [0.1, 0.15) is 0 Å². The molecule has 5 aromatic rings. The molecular weight excluding hydrogens is 436 g/mol. The molecule has 190 valence electrons. The Labute approximate surface area is 217 Å². The fraction of sp³-hybridized carbons (Fsp3) is 0.471. The fourth-order valence-corrected chi connectivity index (χ4v) is 6.33. The molecule has 0 aliphatic rings. The van der Waals surface area contributed by atoms with Gasteiger partial charge in [-0.1, -0.05) is 103 Å². The van der Waals surface area contributed by atoms with Crippen molar-refractivity contribution in [2.45, 2.75) is 92.2 Å². The number of hydrogen-bond acceptors (Lipinski definition) is 0. The van der Waals surface area contributed by atoms with E-state index < -0.39 is 0 Å². The second-order valence-corrected chi connectivity index (χ2v) is 11.0. The van der Waals surface area contributed by atoms with Crippen molar-refractivity contribution in [3.63, 3.8) is 0 Å². The molecule has 0 saturated carbocycles. The Morgan fingerprint density at radius 1 is 0.528 bits per heavy atom. The zero-order valence-corrected chi connectivity index (χ0v) is 22.9. The molecule has 0 radical (unpaired) electrons. The summed E-state index contributed by atoms with van der Waals surface area (Å²) < 4.78 is 5.27. The third-order valence-electron chi connectivity index (χ3n) is 8.63. The molecule has 2 heterocycles. The lowest BCUT2D eigenvalue weighted by atomic mass is 9.99. The lowest BCUT2D eigenvalue weighted by Gasteiger charge is -2.18. The van der Waals surface area contributed by atoms with Crippen molar-refractivity contribution in [1.82, 2.24) is 9.13 Å². The van der Waals surface area contributed by atoms with Gasteiger partial charge in [-0.25, -0.2) is 0 Å². The topological polar surface area (TPSA) is 9.86 Å². The molecule has 0 amide bonds. The number of rotatable bonds is 12. The van der Waals surface area contributed by atoms with Gasteiger partial charge in [-0.2, -0.15) is 0 Å². The molecule has 0 aliphatic heterocycles. The van der Waals surface area contributed by atoms with Crippen molar-refractivity contribution in [3.05, 3.63) is 60.7 Å². The van der Waals surface area contributed by atoms with Crippen LogP contribution in [0.15, 0.2) is 60.7 Å². The van der Waals surface area contributed by atoms with Gasteiger partial charge in [-0.3, -0.25) is 0 Å². The van der Waals surface area contributed by atoms with Crippen molar-refractivity contribution < 1.29 is 0 Å². The van der Waals surface area contributed by atoms with Crippen LogP contribution in [0.4, 0.5) is 0 Å². The molecule has 2 heteroatoms. The third-order valence-corrected chi connectivity index (χ3v) is 8.63. The Kier molecular flexibility index (Phi) is 7.70. The van der Waals surface area contributed by atoms with Crippen molar-refractivity contribution in [1.29, 1.82) is 0 Å². The summed E-state index contributed by atoms with van der Waals surface area (Å²) in [5, 5.41) is 5.62. The second kappa shape index (κ2) is 11.1. The summed E-state index contributed by atoms with van der Waals surface area (Å²) in [5.74, 6) is 1.45. The quantitative estimate of drug-likeness (QED) is 0.168. The average molecular weight is 481 g/mol. The second-order valence-electron chi connectivity index (χ2n) is 11.0. The SMILES string of the molecule is CCCCC(CC)Cn1c2ccccc2c2cc3c(cc21)c1ccccc1n3CC(CC)CCCC. The number of unbranched alkanes of at least 4 members (excludes halogenated alkanes) is 2. The first kappa shape index (κ1) is 24.9. The maximum Gasteiger partial charge on any atom is 0.0499 e. The summed E-state index contributed by atoms with van der Waals surface area (Å²) in [6, 6.07) is 23.2. The van der Waals surface area contributed by atoms with Crippen molar-refractivity contribution >= 4 is 43.6 Å². The summed E-state index contributed by atoms with van der Waals surface area (Å²) in [7, 11) is 0. The summed E-state index contributed by atoms with van der Waals surface area (Å²) >= 11 is 0. The van der Waals surface area contributed by atoms with Gasteiger partial charge in [-0.15, -0.1) is 0 Å². The Morgan fingerprint density at radius 2 is 0.944 bits per heavy atom. The van der Waals surface area contributed by atoms with Crippen molar-refractivity contribution in [2.24, 2.45) is 11.8 Å². The number of nitrogens with zero attached hydrogens (tertiary/aromatic N) is 2. The minimum atomic E-state index is 0.727. The molecule has 0 aliphatic carbocycles. The molecule has 0 saturated heterocycles. The number of fused-ring (bicyclic) bond motifs is 6. The van der Waals surface area contributed by atoms with E-state index in [1.807, 2.05) is 0 Å². The van der Waals surface area contributed by atoms with E-state index in [-0.39, 0.29) is 0 Å². The van der Waals surface area contributed by atoms with Crippen LogP contribution < -0.4 is 0 Å². The van der Waals surface area contributed by atoms with E-state index in [4.69, 9.17) is 0 Å². The standard InChI is InChI=1S/C34H44N2/c1-5-9-15-25(7-3)23-35-31-19-13-11-17-27(31)29-22-34-30(21-33(29)35)28-18-12-14-20-32(28)36(34)24-26(8-4)16-10-6-2/h11-14,17-22,25-26H,5-10,15-16,23-24H2,1-4H3. The fourth-order valence-electron chi connectivity index (χ4n) is 6.33. The Morgan fingerprint density at radius 3 is 1.33 bits per heavy atom. The zero-order chi connectivity index (χ0) is 25.1. The Hall–Kier alpha value is -2.74. The number of aromatic nitrogens is 2. The molecule has 0 spiro atoms. The summed E-state index contributed by atoms with van der Waals surface area (Å²) in [4.78, 5) is 0. The number of hydrogen-bond donors (Lipinski definition) is 0. The maximum absolute atomic E-state index is 2.64. The number of benzene rings is 3. The predicted molar refractivity (Wildman–Crippen MR) is 159 cm³/mol. The lowest BCUT2D eigenvalue weighted by Crippen LogP contribution is -2.10. The van der Waals surface area contributed by atoms with Gasteiger partial charge in [-0.05, 0) is 48.9 Å². The molecule has 0 bridgehead atoms. The van der Waals surface area contributed by atoms with Crippen LogP contribution in [-0.2, 0) is 13.1 Å². The van der Waals surface area contributed by atoms with E-state index in [0.29, 0.717) is 0 Å². The molecule has 2 atom stereocenters. The van der Waals surface area contributed by atoms with Crippen LogP contribution in [-0.4, -0.2) is 9.13 Å². The molecule has 36 heavy (non-hydrogen) atoms. The average Bonchev–Trinajstić information content (AvgIpc) is 3.39. The van der Waals surface area contributed by atoms with Crippen molar-refractivity contribution in [3.8, 4) is 0 Å². The minimum Gasteiger partial charge on any atom is -0.340 e. The minimum absolute atomic E-state index is 0.727. The Bertz CT molecular complexity index is 1340. The third kappa shape index (κ3) is 4.56. The van der Waals surface area contributed by atoms with Crippen molar-refractivity contribution in [2.75, 3.05) is 0 Å². The van der Waals surface area contributed by atoms with Gasteiger partial charge in [0.25, 0.3) is 0 Å². The number of para-hydroxylation sites is 2. The van der Waals surface area contributed by atoms with Gasteiger partial charge in [0.2, 0.25) is 0 Å². The lowest BCUT2D eigenvalue weighted by molar-refractivity contribution is 0.400. The summed E-state index contributed by atoms with van der Waals surface area (Å²) in [5.41, 5.74) is 5.58.